The number of carboxylic acid groups (broad SMARTS) is 1. The zero-order valence-corrected chi connectivity index (χ0v) is 10.2. The molecule has 0 amide bonds. The first-order valence-corrected chi connectivity index (χ1v) is 5.62. The average molecular weight is 246 g/mol. The van der Waals surface area contributed by atoms with Crippen molar-refractivity contribution in [1.29, 1.82) is 0 Å². The maximum Gasteiger partial charge on any atom is 0.306 e. The SMILES string of the molecule is C[C@@H](Cc1ccc(-c2nnn(C)n2)cc1)C(=O)O. The van der Waals surface area contributed by atoms with Crippen molar-refractivity contribution in [3.8, 4) is 11.4 Å². The zero-order chi connectivity index (χ0) is 13.1. The Hall–Kier alpha value is -2.24. The van der Waals surface area contributed by atoms with E-state index < -0.39 is 5.97 Å². The first kappa shape index (κ1) is 12.2. The van der Waals surface area contributed by atoms with Gasteiger partial charge in [0.2, 0.25) is 5.82 Å². The number of benzene rings is 1. The summed E-state index contributed by atoms with van der Waals surface area (Å²) in [5, 5.41) is 20.6. The maximum atomic E-state index is 10.8. The van der Waals surface area contributed by atoms with Gasteiger partial charge in [-0.25, -0.2) is 0 Å². The fourth-order valence-corrected chi connectivity index (χ4v) is 1.63. The lowest BCUT2D eigenvalue weighted by Crippen LogP contribution is -2.12. The average Bonchev–Trinajstić information content (AvgIpc) is 2.76. The smallest absolute Gasteiger partial charge is 0.306 e. The van der Waals surface area contributed by atoms with Gasteiger partial charge in [-0.1, -0.05) is 31.2 Å². The molecule has 2 rings (SSSR count). The van der Waals surface area contributed by atoms with Crippen molar-refractivity contribution in [2.75, 3.05) is 0 Å². The molecule has 0 unspecified atom stereocenters. The molecule has 6 heteroatoms. The van der Waals surface area contributed by atoms with E-state index >= 15 is 0 Å². The van der Waals surface area contributed by atoms with Crippen molar-refractivity contribution in [3.05, 3.63) is 29.8 Å². The van der Waals surface area contributed by atoms with Gasteiger partial charge in [0, 0.05) is 5.56 Å². The Labute approximate surface area is 104 Å². The van der Waals surface area contributed by atoms with Gasteiger partial charge in [-0.05, 0) is 17.2 Å². The van der Waals surface area contributed by atoms with Crippen molar-refractivity contribution in [2.24, 2.45) is 13.0 Å². The lowest BCUT2D eigenvalue weighted by Gasteiger charge is -2.06. The molecular weight excluding hydrogens is 232 g/mol. The molecule has 0 radical (unpaired) electrons. The fourth-order valence-electron chi connectivity index (χ4n) is 1.63. The second-order valence-corrected chi connectivity index (χ2v) is 4.24. The molecule has 0 bridgehead atoms. The molecule has 94 valence electrons. The molecule has 0 fully saturated rings. The van der Waals surface area contributed by atoms with Crippen molar-refractivity contribution in [2.45, 2.75) is 13.3 Å². The second kappa shape index (κ2) is 4.95. The molecule has 0 saturated carbocycles. The highest BCUT2D eigenvalue weighted by Gasteiger charge is 2.12. The number of rotatable bonds is 4. The minimum absolute atomic E-state index is 0.384. The number of carboxylic acids is 1. The normalized spacial score (nSPS) is 12.3. The van der Waals surface area contributed by atoms with Crippen molar-refractivity contribution >= 4 is 5.97 Å². The molecular formula is C12H14N4O2. The van der Waals surface area contributed by atoms with E-state index in [2.05, 4.69) is 15.4 Å². The van der Waals surface area contributed by atoms with Crippen LogP contribution >= 0.6 is 0 Å². The summed E-state index contributed by atoms with van der Waals surface area (Å²) in [6.07, 6.45) is 0.517. The van der Waals surface area contributed by atoms with Crippen LogP contribution in [0.5, 0.6) is 0 Å². The predicted molar refractivity (Wildman–Crippen MR) is 64.7 cm³/mol. The Kier molecular flexibility index (Phi) is 3.36. The van der Waals surface area contributed by atoms with Gasteiger partial charge in [0.05, 0.1) is 13.0 Å². The van der Waals surface area contributed by atoms with Crippen LogP contribution in [0.1, 0.15) is 12.5 Å². The van der Waals surface area contributed by atoms with Crippen LogP contribution in [0, 0.1) is 5.92 Å². The number of aliphatic carboxylic acids is 1. The highest BCUT2D eigenvalue weighted by molar-refractivity contribution is 5.70. The molecule has 0 aliphatic rings. The Morgan fingerprint density at radius 3 is 2.56 bits per heavy atom. The third-order valence-corrected chi connectivity index (χ3v) is 2.68. The topological polar surface area (TPSA) is 80.9 Å². The van der Waals surface area contributed by atoms with Crippen LogP contribution in [-0.2, 0) is 18.3 Å². The highest BCUT2D eigenvalue weighted by atomic mass is 16.4. The van der Waals surface area contributed by atoms with Crippen molar-refractivity contribution in [3.63, 3.8) is 0 Å². The molecule has 0 saturated heterocycles. The Bertz CT molecular complexity index is 547. The third kappa shape index (κ3) is 2.71. The van der Waals surface area contributed by atoms with Crippen LogP contribution < -0.4 is 0 Å². The van der Waals surface area contributed by atoms with E-state index in [0.717, 1.165) is 11.1 Å². The summed E-state index contributed by atoms with van der Waals surface area (Å²) in [5.41, 5.74) is 1.85. The largest absolute Gasteiger partial charge is 0.481 e. The summed E-state index contributed by atoms with van der Waals surface area (Å²) in [7, 11) is 1.71. The summed E-state index contributed by atoms with van der Waals surface area (Å²) in [4.78, 5) is 12.2. The molecule has 1 heterocycles. The van der Waals surface area contributed by atoms with Crippen LogP contribution in [0.3, 0.4) is 0 Å². The number of aromatic nitrogens is 4. The van der Waals surface area contributed by atoms with E-state index in [0.29, 0.717) is 12.2 Å². The standard InChI is InChI=1S/C12H14N4O2/c1-8(12(17)18)7-9-3-5-10(6-4-9)11-13-15-16(2)14-11/h3-6,8H,7H2,1-2H3,(H,17,18)/t8-/m0/s1. The minimum atomic E-state index is -0.783. The Morgan fingerprint density at radius 2 is 2.06 bits per heavy atom. The second-order valence-electron chi connectivity index (χ2n) is 4.24. The molecule has 0 aliphatic carbocycles. The predicted octanol–water partition coefficient (Wildman–Crippen LogP) is 1.14. The van der Waals surface area contributed by atoms with Gasteiger partial charge in [-0.3, -0.25) is 4.79 Å². The van der Waals surface area contributed by atoms with Crippen LogP contribution in [0.4, 0.5) is 0 Å². The summed E-state index contributed by atoms with van der Waals surface area (Å²) in [6, 6.07) is 7.54. The van der Waals surface area contributed by atoms with Crippen LogP contribution in [0.25, 0.3) is 11.4 Å². The Morgan fingerprint density at radius 1 is 1.39 bits per heavy atom. The fraction of sp³-hybridized carbons (Fsp3) is 0.333. The molecule has 1 aromatic heterocycles. The number of hydrogen-bond donors (Lipinski definition) is 1. The molecule has 1 N–H and O–H groups in total. The number of tetrazole rings is 1. The summed E-state index contributed by atoms with van der Waals surface area (Å²) < 4.78 is 0. The quantitative estimate of drug-likeness (QED) is 0.874. The van der Waals surface area contributed by atoms with Gasteiger partial charge < -0.3 is 5.11 Å². The summed E-state index contributed by atoms with van der Waals surface area (Å²) in [6.45, 7) is 1.69. The van der Waals surface area contributed by atoms with Gasteiger partial charge in [0.15, 0.2) is 0 Å². The van der Waals surface area contributed by atoms with Crippen LogP contribution in [0.2, 0.25) is 0 Å². The van der Waals surface area contributed by atoms with Crippen molar-refractivity contribution < 1.29 is 9.90 Å². The number of carbonyl (C=O) groups is 1. The van der Waals surface area contributed by atoms with Gasteiger partial charge >= 0.3 is 5.97 Å². The van der Waals surface area contributed by atoms with Crippen molar-refractivity contribution in [1.82, 2.24) is 20.2 Å². The monoisotopic (exact) mass is 246 g/mol. The maximum absolute atomic E-state index is 10.8. The molecule has 1 atom stereocenters. The van der Waals surface area contributed by atoms with Crippen LogP contribution in [0.15, 0.2) is 24.3 Å². The van der Waals surface area contributed by atoms with Gasteiger partial charge in [-0.15, -0.1) is 10.2 Å². The molecule has 0 aliphatic heterocycles. The lowest BCUT2D eigenvalue weighted by molar-refractivity contribution is -0.141. The number of nitrogens with zero attached hydrogens (tertiary/aromatic N) is 4. The first-order valence-electron chi connectivity index (χ1n) is 5.62. The summed E-state index contributed by atoms with van der Waals surface area (Å²) in [5.74, 6) is -0.601. The number of hydrogen-bond acceptors (Lipinski definition) is 4. The Balaban J connectivity index is 2.13. The molecule has 6 nitrogen and oxygen atoms in total. The van der Waals surface area contributed by atoms with E-state index in [-0.39, 0.29) is 5.92 Å². The highest BCUT2D eigenvalue weighted by Crippen LogP contribution is 2.16. The van der Waals surface area contributed by atoms with E-state index in [1.807, 2.05) is 24.3 Å². The first-order chi connectivity index (χ1) is 8.56. The molecule has 2 aromatic rings. The third-order valence-electron chi connectivity index (χ3n) is 2.68. The molecule has 1 aromatic carbocycles. The van der Waals surface area contributed by atoms with Gasteiger partial charge in [-0.2, -0.15) is 4.80 Å². The summed E-state index contributed by atoms with van der Waals surface area (Å²) >= 11 is 0. The molecule has 0 spiro atoms. The van der Waals surface area contributed by atoms with E-state index in [4.69, 9.17) is 5.11 Å². The van der Waals surface area contributed by atoms with Gasteiger partial charge in [0.25, 0.3) is 0 Å². The minimum Gasteiger partial charge on any atom is -0.481 e. The zero-order valence-electron chi connectivity index (χ0n) is 10.2. The van der Waals surface area contributed by atoms with E-state index in [1.165, 1.54) is 4.80 Å². The van der Waals surface area contributed by atoms with E-state index in [1.54, 1.807) is 14.0 Å². The molecule has 18 heavy (non-hydrogen) atoms. The van der Waals surface area contributed by atoms with Gasteiger partial charge in [0.1, 0.15) is 0 Å². The lowest BCUT2D eigenvalue weighted by atomic mass is 10.0. The van der Waals surface area contributed by atoms with E-state index in [9.17, 15) is 4.79 Å². The van der Waals surface area contributed by atoms with Crippen LogP contribution in [-0.4, -0.2) is 31.3 Å². The number of aryl methyl sites for hydroxylation is 1.